The summed E-state index contributed by atoms with van der Waals surface area (Å²) in [6.45, 7) is 1.62. The molecule has 92 valence electrons. The highest BCUT2D eigenvalue weighted by Crippen LogP contribution is 2.23. The fraction of sp³-hybridized carbons (Fsp3) is 0.273. The van der Waals surface area contributed by atoms with E-state index in [1.54, 1.807) is 6.92 Å². The van der Waals surface area contributed by atoms with E-state index in [1.165, 1.54) is 18.2 Å². The molecule has 3 N–H and O–H groups in total. The molecule has 0 heterocycles. The number of hydrogen-bond donors (Lipinski definition) is 2. The maximum absolute atomic E-state index is 10.9. The van der Waals surface area contributed by atoms with Gasteiger partial charge in [0.25, 0.3) is 0 Å². The van der Waals surface area contributed by atoms with E-state index in [1.807, 2.05) is 0 Å². The Morgan fingerprint density at radius 1 is 1.53 bits per heavy atom. The monoisotopic (exact) mass is 257 g/mol. The van der Waals surface area contributed by atoms with Crippen LogP contribution in [0.15, 0.2) is 18.2 Å². The summed E-state index contributed by atoms with van der Waals surface area (Å²) in [5.41, 5.74) is 5.02. The number of hydrogen-bond acceptors (Lipinski definition) is 3. The number of halogens is 1. The van der Waals surface area contributed by atoms with Crippen LogP contribution in [0, 0.1) is 5.92 Å². The molecular weight excluding hydrogens is 246 g/mol. The number of benzene rings is 1. The molecule has 6 heteroatoms. The van der Waals surface area contributed by atoms with Gasteiger partial charge in [-0.3, -0.25) is 4.79 Å². The van der Waals surface area contributed by atoms with Crippen LogP contribution in [0.3, 0.4) is 0 Å². The SMILES string of the molecule is CC(COc1ccc(Cl)cc1C(=O)O)C(N)=O. The summed E-state index contributed by atoms with van der Waals surface area (Å²) in [4.78, 5) is 21.7. The van der Waals surface area contributed by atoms with Gasteiger partial charge in [0.15, 0.2) is 0 Å². The summed E-state index contributed by atoms with van der Waals surface area (Å²) < 4.78 is 5.24. The Kier molecular flexibility index (Phi) is 4.34. The van der Waals surface area contributed by atoms with E-state index in [2.05, 4.69) is 0 Å². The molecule has 0 radical (unpaired) electrons. The van der Waals surface area contributed by atoms with Gasteiger partial charge in [-0.1, -0.05) is 18.5 Å². The van der Waals surface area contributed by atoms with Crippen molar-refractivity contribution < 1.29 is 19.4 Å². The number of carboxylic acids is 1. The van der Waals surface area contributed by atoms with Crippen LogP contribution in [-0.2, 0) is 4.79 Å². The summed E-state index contributed by atoms with van der Waals surface area (Å²) in [7, 11) is 0. The summed E-state index contributed by atoms with van der Waals surface area (Å²) in [6.07, 6.45) is 0. The van der Waals surface area contributed by atoms with Crippen LogP contribution in [0.25, 0.3) is 0 Å². The lowest BCUT2D eigenvalue weighted by Gasteiger charge is -2.12. The quantitative estimate of drug-likeness (QED) is 0.837. The average molecular weight is 258 g/mol. The van der Waals surface area contributed by atoms with Crippen LogP contribution in [-0.4, -0.2) is 23.6 Å². The number of nitrogens with two attached hydrogens (primary N) is 1. The number of carboxylic acid groups (broad SMARTS) is 1. The third-order valence-corrected chi connectivity index (χ3v) is 2.38. The van der Waals surface area contributed by atoms with E-state index < -0.39 is 17.8 Å². The van der Waals surface area contributed by atoms with Crippen molar-refractivity contribution in [1.82, 2.24) is 0 Å². The molecule has 1 rings (SSSR count). The molecule has 0 aliphatic rings. The molecule has 1 aromatic carbocycles. The minimum absolute atomic E-state index is 0.0250. The van der Waals surface area contributed by atoms with Crippen molar-refractivity contribution in [2.75, 3.05) is 6.61 Å². The molecule has 0 aliphatic carbocycles. The van der Waals surface area contributed by atoms with Crippen LogP contribution in [0.5, 0.6) is 5.75 Å². The van der Waals surface area contributed by atoms with Gasteiger partial charge in [0.05, 0.1) is 12.5 Å². The topological polar surface area (TPSA) is 89.6 Å². The molecule has 1 amide bonds. The molecule has 0 saturated carbocycles. The smallest absolute Gasteiger partial charge is 0.339 e. The third kappa shape index (κ3) is 3.64. The fourth-order valence-electron chi connectivity index (χ4n) is 1.09. The van der Waals surface area contributed by atoms with Gasteiger partial charge in [-0.2, -0.15) is 0 Å². The van der Waals surface area contributed by atoms with Crippen molar-refractivity contribution in [3.63, 3.8) is 0 Å². The van der Waals surface area contributed by atoms with E-state index >= 15 is 0 Å². The molecule has 0 bridgehead atoms. The minimum atomic E-state index is -1.14. The van der Waals surface area contributed by atoms with Crippen LogP contribution in [0.4, 0.5) is 0 Å². The van der Waals surface area contributed by atoms with Gasteiger partial charge in [0.2, 0.25) is 5.91 Å². The van der Waals surface area contributed by atoms with Crippen molar-refractivity contribution in [2.45, 2.75) is 6.92 Å². The van der Waals surface area contributed by atoms with Gasteiger partial charge < -0.3 is 15.6 Å². The molecule has 0 aromatic heterocycles. The second kappa shape index (κ2) is 5.54. The van der Waals surface area contributed by atoms with Crippen LogP contribution in [0.1, 0.15) is 17.3 Å². The van der Waals surface area contributed by atoms with Crippen molar-refractivity contribution in [2.24, 2.45) is 11.7 Å². The molecule has 5 nitrogen and oxygen atoms in total. The highest BCUT2D eigenvalue weighted by molar-refractivity contribution is 6.31. The standard InChI is InChI=1S/C11H12ClNO4/c1-6(10(13)14)5-17-9-3-2-7(12)4-8(9)11(15)16/h2-4,6H,5H2,1H3,(H2,13,14)(H,15,16). The Bertz CT molecular complexity index is 447. The third-order valence-electron chi connectivity index (χ3n) is 2.15. The van der Waals surface area contributed by atoms with Gasteiger partial charge in [-0.05, 0) is 18.2 Å². The first-order chi connectivity index (χ1) is 7.91. The summed E-state index contributed by atoms with van der Waals surface area (Å²) in [5, 5.41) is 9.24. The molecule has 0 spiro atoms. The molecule has 17 heavy (non-hydrogen) atoms. The minimum Gasteiger partial charge on any atom is -0.492 e. The molecule has 1 unspecified atom stereocenters. The van der Waals surface area contributed by atoms with E-state index in [0.29, 0.717) is 5.02 Å². The lowest BCUT2D eigenvalue weighted by molar-refractivity contribution is -0.122. The largest absolute Gasteiger partial charge is 0.492 e. The lowest BCUT2D eigenvalue weighted by atomic mass is 10.2. The van der Waals surface area contributed by atoms with E-state index in [4.69, 9.17) is 27.2 Å². The molecule has 0 fully saturated rings. The summed E-state index contributed by atoms with van der Waals surface area (Å²) in [5.74, 6) is -1.98. The summed E-state index contributed by atoms with van der Waals surface area (Å²) in [6, 6.07) is 4.24. The van der Waals surface area contributed by atoms with Crippen molar-refractivity contribution in [1.29, 1.82) is 0 Å². The first-order valence-electron chi connectivity index (χ1n) is 4.86. The predicted octanol–water partition coefficient (Wildman–Crippen LogP) is 1.54. The van der Waals surface area contributed by atoms with E-state index in [-0.39, 0.29) is 17.9 Å². The number of carbonyl (C=O) groups is 2. The van der Waals surface area contributed by atoms with Gasteiger partial charge in [0, 0.05) is 5.02 Å². The highest BCUT2D eigenvalue weighted by Gasteiger charge is 2.15. The number of ether oxygens (including phenoxy) is 1. The number of carbonyl (C=O) groups excluding carboxylic acids is 1. The molecular formula is C11H12ClNO4. The Balaban J connectivity index is 2.84. The Labute approximate surface area is 103 Å². The second-order valence-electron chi connectivity index (χ2n) is 3.56. The first kappa shape index (κ1) is 13.3. The van der Waals surface area contributed by atoms with Crippen LogP contribution in [0.2, 0.25) is 5.02 Å². The van der Waals surface area contributed by atoms with Gasteiger partial charge in [-0.15, -0.1) is 0 Å². The van der Waals surface area contributed by atoms with Crippen molar-refractivity contribution in [3.05, 3.63) is 28.8 Å². The van der Waals surface area contributed by atoms with E-state index in [9.17, 15) is 9.59 Å². The molecule has 0 aliphatic heterocycles. The normalized spacial score (nSPS) is 11.9. The van der Waals surface area contributed by atoms with Crippen molar-refractivity contribution >= 4 is 23.5 Å². The number of primary amides is 1. The van der Waals surface area contributed by atoms with Gasteiger partial charge in [-0.25, -0.2) is 4.79 Å². The molecule has 0 saturated heterocycles. The maximum atomic E-state index is 10.9. The fourth-order valence-corrected chi connectivity index (χ4v) is 1.26. The zero-order valence-corrected chi connectivity index (χ0v) is 9.90. The van der Waals surface area contributed by atoms with Crippen LogP contribution >= 0.6 is 11.6 Å². The number of rotatable bonds is 5. The Morgan fingerprint density at radius 2 is 2.18 bits per heavy atom. The Hall–Kier alpha value is -1.75. The Morgan fingerprint density at radius 3 is 2.71 bits per heavy atom. The number of aromatic carboxylic acids is 1. The average Bonchev–Trinajstić information content (AvgIpc) is 2.26. The van der Waals surface area contributed by atoms with Gasteiger partial charge >= 0.3 is 5.97 Å². The second-order valence-corrected chi connectivity index (χ2v) is 4.00. The van der Waals surface area contributed by atoms with Crippen molar-refractivity contribution in [3.8, 4) is 5.75 Å². The molecule has 1 aromatic rings. The highest BCUT2D eigenvalue weighted by atomic mass is 35.5. The lowest BCUT2D eigenvalue weighted by Crippen LogP contribution is -2.26. The first-order valence-corrected chi connectivity index (χ1v) is 5.24. The molecule has 1 atom stereocenters. The van der Waals surface area contributed by atoms with E-state index in [0.717, 1.165) is 0 Å². The zero-order chi connectivity index (χ0) is 13.0. The number of amides is 1. The summed E-state index contributed by atoms with van der Waals surface area (Å²) >= 11 is 5.68. The predicted molar refractivity (Wildman–Crippen MR) is 62.3 cm³/mol. The maximum Gasteiger partial charge on any atom is 0.339 e. The zero-order valence-electron chi connectivity index (χ0n) is 9.14. The van der Waals surface area contributed by atoms with Crippen LogP contribution < -0.4 is 10.5 Å². The van der Waals surface area contributed by atoms with Gasteiger partial charge in [0.1, 0.15) is 11.3 Å².